The number of nitrogens with one attached hydrogen (secondary N) is 1. The van der Waals surface area contributed by atoms with E-state index in [0.717, 1.165) is 5.56 Å². The Morgan fingerprint density at radius 3 is 2.13 bits per heavy atom. The number of benzene rings is 3. The molecule has 0 bridgehead atoms. The van der Waals surface area contributed by atoms with Crippen LogP contribution in [0.15, 0.2) is 71.7 Å². The van der Waals surface area contributed by atoms with E-state index in [1.807, 2.05) is 6.92 Å². The molecule has 1 atom stereocenters. The first-order valence-corrected chi connectivity index (χ1v) is 9.85. The van der Waals surface area contributed by atoms with Crippen LogP contribution in [0.2, 0.25) is 10.0 Å². The van der Waals surface area contributed by atoms with E-state index in [1.54, 1.807) is 30.3 Å². The Morgan fingerprint density at radius 1 is 0.903 bits per heavy atom. The summed E-state index contributed by atoms with van der Waals surface area (Å²) in [6.45, 7) is 1.89. The van der Waals surface area contributed by atoms with Crippen LogP contribution in [-0.2, 0) is 5.72 Å². The zero-order valence-corrected chi connectivity index (χ0v) is 17.5. The van der Waals surface area contributed by atoms with Crippen molar-refractivity contribution in [3.63, 3.8) is 0 Å². The van der Waals surface area contributed by atoms with Gasteiger partial charge < -0.3 is 14.8 Å². The van der Waals surface area contributed by atoms with Gasteiger partial charge in [0.05, 0.1) is 10.0 Å². The quantitative estimate of drug-likeness (QED) is 0.443. The molecule has 160 valence electrons. The van der Waals surface area contributed by atoms with Gasteiger partial charge in [-0.25, -0.2) is 0 Å². The predicted octanol–water partition coefficient (Wildman–Crippen LogP) is 6.96. The minimum atomic E-state index is -4.94. The van der Waals surface area contributed by atoms with Gasteiger partial charge in [0.1, 0.15) is 0 Å². The Morgan fingerprint density at radius 2 is 1.52 bits per heavy atom. The van der Waals surface area contributed by atoms with E-state index < -0.39 is 17.9 Å². The number of fused-ring (bicyclic) bond motifs is 1. The Balaban J connectivity index is 1.92. The molecule has 1 unspecified atom stereocenters. The van der Waals surface area contributed by atoms with Crippen molar-refractivity contribution in [2.75, 3.05) is 5.32 Å². The summed E-state index contributed by atoms with van der Waals surface area (Å²) in [6.07, 6.45) is -4.94. The number of anilines is 1. The van der Waals surface area contributed by atoms with Gasteiger partial charge in [-0.3, -0.25) is 0 Å². The third-order valence-electron chi connectivity index (χ3n) is 4.56. The molecule has 3 aromatic rings. The standard InChI is InChI=1S/C22H15Cl2F3N2O2/c1-13-7-9-15(10-8-13)28-20-29-21(22(25,26)27,14-5-3-2-4-6-14)31-19-12-17(24)16(23)11-18(19)30-20/h2-12H,1H3,(H,28,29). The molecule has 31 heavy (non-hydrogen) atoms. The summed E-state index contributed by atoms with van der Waals surface area (Å²) >= 11 is 12.1. The molecule has 1 heterocycles. The molecule has 0 amide bonds. The lowest BCUT2D eigenvalue weighted by atomic mass is 10.0. The number of aryl methyl sites for hydroxylation is 1. The minimum Gasteiger partial charge on any atom is -0.449 e. The predicted molar refractivity (Wildman–Crippen MR) is 114 cm³/mol. The fourth-order valence-electron chi connectivity index (χ4n) is 3.01. The number of amidine groups is 1. The van der Waals surface area contributed by atoms with E-state index >= 15 is 0 Å². The highest BCUT2D eigenvalue weighted by Crippen LogP contribution is 2.49. The molecule has 0 radical (unpaired) electrons. The maximum atomic E-state index is 14.5. The Hall–Kier alpha value is -2.90. The van der Waals surface area contributed by atoms with E-state index in [1.165, 1.54) is 36.4 Å². The summed E-state index contributed by atoms with van der Waals surface area (Å²) in [7, 11) is 0. The number of ether oxygens (including phenoxy) is 2. The lowest BCUT2D eigenvalue weighted by Gasteiger charge is -2.31. The maximum Gasteiger partial charge on any atom is 0.455 e. The topological polar surface area (TPSA) is 42.9 Å². The first kappa shape index (κ1) is 21.3. The highest BCUT2D eigenvalue weighted by molar-refractivity contribution is 6.42. The number of hydrogen-bond donors (Lipinski definition) is 1. The number of nitrogens with zero attached hydrogens (tertiary/aromatic N) is 1. The first-order valence-electron chi connectivity index (χ1n) is 9.10. The fourth-order valence-corrected chi connectivity index (χ4v) is 3.32. The van der Waals surface area contributed by atoms with Crippen molar-refractivity contribution < 1.29 is 22.6 Å². The van der Waals surface area contributed by atoms with E-state index in [-0.39, 0.29) is 27.1 Å². The van der Waals surface area contributed by atoms with Gasteiger partial charge in [-0.1, -0.05) is 71.2 Å². The number of alkyl halides is 3. The highest BCUT2D eigenvalue weighted by atomic mass is 35.5. The van der Waals surface area contributed by atoms with Crippen LogP contribution < -0.4 is 14.8 Å². The molecule has 3 aromatic carbocycles. The second-order valence-corrected chi connectivity index (χ2v) is 7.65. The zero-order chi connectivity index (χ0) is 22.2. The third kappa shape index (κ3) is 4.16. The van der Waals surface area contributed by atoms with E-state index in [2.05, 4.69) is 10.3 Å². The molecule has 1 aliphatic heterocycles. The average molecular weight is 467 g/mol. The Kier molecular flexibility index (Phi) is 5.49. The van der Waals surface area contributed by atoms with Gasteiger partial charge in [-0.2, -0.15) is 18.2 Å². The molecule has 1 aliphatic rings. The molecule has 9 heteroatoms. The summed E-state index contributed by atoms with van der Waals surface area (Å²) in [4.78, 5) is 3.89. The largest absolute Gasteiger partial charge is 0.455 e. The second-order valence-electron chi connectivity index (χ2n) is 6.83. The number of aliphatic imine (C=N–C) groups is 1. The molecule has 4 nitrogen and oxygen atoms in total. The van der Waals surface area contributed by atoms with Crippen molar-refractivity contribution in [3.8, 4) is 11.5 Å². The van der Waals surface area contributed by atoms with Crippen LogP contribution in [0.5, 0.6) is 11.5 Å². The smallest absolute Gasteiger partial charge is 0.449 e. The van der Waals surface area contributed by atoms with Crippen LogP contribution in [0.1, 0.15) is 11.1 Å². The molecule has 0 aliphatic carbocycles. The minimum absolute atomic E-state index is 0.0168. The van der Waals surface area contributed by atoms with Crippen molar-refractivity contribution in [3.05, 3.63) is 87.9 Å². The molecular weight excluding hydrogens is 452 g/mol. The number of halogens is 5. The van der Waals surface area contributed by atoms with Crippen LogP contribution in [0.25, 0.3) is 0 Å². The highest BCUT2D eigenvalue weighted by Gasteiger charge is 2.61. The van der Waals surface area contributed by atoms with Gasteiger partial charge in [0.2, 0.25) is 0 Å². The summed E-state index contributed by atoms with van der Waals surface area (Å²) in [5.41, 5.74) is -1.84. The number of rotatable bonds is 2. The molecule has 4 rings (SSSR count). The van der Waals surface area contributed by atoms with Gasteiger partial charge in [0.15, 0.2) is 11.5 Å². The van der Waals surface area contributed by atoms with Crippen LogP contribution in [-0.4, -0.2) is 12.2 Å². The second kappa shape index (κ2) is 7.98. The summed E-state index contributed by atoms with van der Waals surface area (Å²) < 4.78 is 54.7. The maximum absolute atomic E-state index is 14.5. The van der Waals surface area contributed by atoms with Gasteiger partial charge in [0, 0.05) is 23.4 Å². The summed E-state index contributed by atoms with van der Waals surface area (Å²) in [5, 5.41) is 2.90. The molecule has 0 fully saturated rings. The lowest BCUT2D eigenvalue weighted by Crippen LogP contribution is -2.46. The van der Waals surface area contributed by atoms with Crippen molar-refractivity contribution in [2.24, 2.45) is 4.99 Å². The SMILES string of the molecule is Cc1ccc(NC2=NC(c3ccccc3)(C(F)(F)F)Oc3cc(Cl)c(Cl)cc3O2)cc1. The third-order valence-corrected chi connectivity index (χ3v) is 5.28. The Labute approximate surface area is 186 Å². The van der Waals surface area contributed by atoms with Gasteiger partial charge in [-0.05, 0) is 19.1 Å². The normalized spacial score (nSPS) is 18.2. The zero-order valence-electron chi connectivity index (χ0n) is 16.0. The fraction of sp³-hybridized carbons (Fsp3) is 0.136. The van der Waals surface area contributed by atoms with Gasteiger partial charge in [-0.15, -0.1) is 0 Å². The van der Waals surface area contributed by atoms with Crippen LogP contribution in [0, 0.1) is 6.92 Å². The van der Waals surface area contributed by atoms with E-state index in [9.17, 15) is 13.2 Å². The molecule has 0 aromatic heterocycles. The molecule has 0 saturated heterocycles. The summed E-state index contributed by atoms with van der Waals surface area (Å²) in [6, 6.07) is 16.1. The average Bonchev–Trinajstić information content (AvgIpc) is 2.88. The molecule has 0 spiro atoms. The van der Waals surface area contributed by atoms with Crippen molar-refractivity contribution in [1.82, 2.24) is 0 Å². The first-order chi connectivity index (χ1) is 14.7. The van der Waals surface area contributed by atoms with Crippen molar-refractivity contribution in [2.45, 2.75) is 18.8 Å². The van der Waals surface area contributed by atoms with Crippen LogP contribution in [0.3, 0.4) is 0 Å². The van der Waals surface area contributed by atoms with E-state index in [0.29, 0.717) is 5.69 Å². The monoisotopic (exact) mass is 466 g/mol. The number of hydrogen-bond acceptors (Lipinski definition) is 4. The Bertz CT molecular complexity index is 1140. The van der Waals surface area contributed by atoms with Crippen LogP contribution >= 0.6 is 23.2 Å². The summed E-state index contributed by atoms with van der Waals surface area (Å²) in [5.74, 6) is -0.310. The van der Waals surface area contributed by atoms with Gasteiger partial charge in [0.25, 0.3) is 6.02 Å². The van der Waals surface area contributed by atoms with Gasteiger partial charge >= 0.3 is 11.9 Å². The molecule has 1 N–H and O–H groups in total. The van der Waals surface area contributed by atoms with Crippen LogP contribution in [0.4, 0.5) is 18.9 Å². The molecule has 0 saturated carbocycles. The van der Waals surface area contributed by atoms with Crippen molar-refractivity contribution in [1.29, 1.82) is 0 Å². The molecular formula is C22H15Cl2F3N2O2. The van der Waals surface area contributed by atoms with E-state index in [4.69, 9.17) is 32.7 Å². The van der Waals surface area contributed by atoms with Crippen molar-refractivity contribution >= 4 is 34.9 Å². The lowest BCUT2D eigenvalue weighted by molar-refractivity contribution is -0.251.